The standard InChI is InChI=1S/C12H19BIN2O4P/c1-11(2)12(3,4)20-13(19-11)9-8(7-18-21-14)15-16-5-6-17-10(9)16/h21H,5-7H2,1-4H3. The van der Waals surface area contributed by atoms with Gasteiger partial charge in [-0.25, -0.2) is 4.68 Å². The first kappa shape index (κ1) is 16.0. The van der Waals surface area contributed by atoms with Crippen LogP contribution in [-0.2, 0) is 27.0 Å². The Hall–Kier alpha value is 0.115. The molecule has 0 amide bonds. The van der Waals surface area contributed by atoms with Crippen molar-refractivity contribution in [1.82, 2.24) is 9.78 Å². The molecule has 3 heterocycles. The molecule has 0 radical (unpaired) electrons. The van der Waals surface area contributed by atoms with E-state index in [0.717, 1.165) is 23.6 Å². The quantitative estimate of drug-likeness (QED) is 0.421. The molecule has 0 bridgehead atoms. The lowest BCUT2D eigenvalue weighted by atomic mass is 9.78. The summed E-state index contributed by atoms with van der Waals surface area (Å²) in [6, 6.07) is 0. The van der Waals surface area contributed by atoms with Gasteiger partial charge in [0.2, 0.25) is 5.88 Å². The van der Waals surface area contributed by atoms with Gasteiger partial charge in [0, 0.05) is 0 Å². The molecule has 21 heavy (non-hydrogen) atoms. The summed E-state index contributed by atoms with van der Waals surface area (Å²) in [7, 11) is -0.465. The maximum atomic E-state index is 6.14. The van der Waals surface area contributed by atoms with Crippen LogP contribution < -0.4 is 10.2 Å². The van der Waals surface area contributed by atoms with Crippen molar-refractivity contribution in [2.45, 2.75) is 52.0 Å². The Kier molecular flexibility index (Phi) is 4.29. The van der Waals surface area contributed by atoms with Crippen molar-refractivity contribution in [3.05, 3.63) is 5.69 Å². The zero-order chi connectivity index (χ0) is 15.3. The summed E-state index contributed by atoms with van der Waals surface area (Å²) < 4.78 is 25.4. The average Bonchev–Trinajstić information content (AvgIpc) is 2.98. The van der Waals surface area contributed by atoms with E-state index in [1.54, 1.807) is 0 Å². The van der Waals surface area contributed by atoms with Gasteiger partial charge in [-0.15, -0.1) is 0 Å². The van der Waals surface area contributed by atoms with Crippen molar-refractivity contribution in [2.75, 3.05) is 6.61 Å². The van der Waals surface area contributed by atoms with Crippen LogP contribution in [0.5, 0.6) is 5.88 Å². The number of hydrogen-bond donors (Lipinski definition) is 0. The van der Waals surface area contributed by atoms with Crippen LogP contribution in [0.3, 0.4) is 0 Å². The van der Waals surface area contributed by atoms with Crippen LogP contribution in [0.15, 0.2) is 0 Å². The molecule has 116 valence electrons. The number of rotatable bonds is 4. The number of halogens is 1. The van der Waals surface area contributed by atoms with Gasteiger partial charge in [-0.1, -0.05) is 0 Å². The minimum Gasteiger partial charge on any atom is -0.476 e. The lowest BCUT2D eigenvalue weighted by molar-refractivity contribution is 0.00578. The van der Waals surface area contributed by atoms with E-state index in [4.69, 9.17) is 18.6 Å². The van der Waals surface area contributed by atoms with Gasteiger partial charge in [0.15, 0.2) is 0 Å². The summed E-state index contributed by atoms with van der Waals surface area (Å²) in [5.41, 5.74) is 0.954. The summed E-state index contributed by atoms with van der Waals surface area (Å²) in [5, 5.41) is 4.58. The van der Waals surface area contributed by atoms with Crippen molar-refractivity contribution in [1.29, 1.82) is 0 Å². The lowest BCUT2D eigenvalue weighted by Crippen LogP contribution is -2.41. The minimum atomic E-state index is -0.465. The van der Waals surface area contributed by atoms with E-state index >= 15 is 0 Å². The first-order valence-electron chi connectivity index (χ1n) is 6.91. The fourth-order valence-electron chi connectivity index (χ4n) is 2.44. The number of fused-ring (bicyclic) bond motifs is 1. The molecule has 9 heteroatoms. The van der Waals surface area contributed by atoms with Gasteiger partial charge in [0.1, 0.15) is 6.61 Å². The molecule has 1 fully saturated rings. The molecule has 0 aliphatic carbocycles. The predicted molar refractivity (Wildman–Crippen MR) is 90.6 cm³/mol. The minimum absolute atomic E-state index is 0.381. The van der Waals surface area contributed by atoms with Crippen molar-refractivity contribution in [2.24, 2.45) is 0 Å². The highest BCUT2D eigenvalue weighted by Gasteiger charge is 2.54. The molecule has 3 rings (SSSR count). The number of ether oxygens (including phenoxy) is 1. The molecule has 1 saturated heterocycles. The van der Waals surface area contributed by atoms with Crippen molar-refractivity contribution >= 4 is 41.1 Å². The van der Waals surface area contributed by atoms with Gasteiger partial charge in [-0.3, -0.25) is 0 Å². The summed E-state index contributed by atoms with van der Waals surface area (Å²) >= 11 is 2.20. The molecule has 6 nitrogen and oxygen atoms in total. The fourth-order valence-corrected chi connectivity index (χ4v) is 3.10. The third-order valence-electron chi connectivity index (χ3n) is 4.31. The van der Waals surface area contributed by atoms with Crippen molar-refractivity contribution < 1.29 is 18.6 Å². The van der Waals surface area contributed by atoms with E-state index in [9.17, 15) is 0 Å². The van der Waals surface area contributed by atoms with Gasteiger partial charge in [-0.05, 0) is 49.7 Å². The number of nitrogens with zero attached hydrogens (tertiary/aromatic N) is 2. The van der Waals surface area contributed by atoms with Crippen molar-refractivity contribution in [3.8, 4) is 5.88 Å². The van der Waals surface area contributed by atoms with Crippen LogP contribution >= 0.6 is 28.5 Å². The Labute approximate surface area is 139 Å². The smallest absolute Gasteiger partial charge is 0.476 e. The highest BCUT2D eigenvalue weighted by Crippen LogP contribution is 2.38. The van der Waals surface area contributed by atoms with E-state index < -0.39 is 7.12 Å². The van der Waals surface area contributed by atoms with E-state index in [0.29, 0.717) is 19.7 Å². The summed E-state index contributed by atoms with van der Waals surface area (Å²) in [6.45, 7) is 10.4. The average molecular weight is 424 g/mol. The van der Waals surface area contributed by atoms with Gasteiger partial charge in [0.25, 0.3) is 0 Å². The maximum absolute atomic E-state index is 6.14. The van der Waals surface area contributed by atoms with E-state index in [2.05, 4.69) is 27.1 Å². The van der Waals surface area contributed by atoms with Crippen LogP contribution in [0.25, 0.3) is 0 Å². The highest BCUT2D eigenvalue weighted by atomic mass is 127. The fraction of sp³-hybridized carbons (Fsp3) is 0.750. The molecule has 2 aliphatic heterocycles. The SMILES string of the molecule is CC1(C)OB(c2c(COPI)nn3c2OCC3)OC1(C)C. The molecule has 0 N–H and O–H groups in total. The second kappa shape index (κ2) is 5.63. The Bertz CT molecular complexity index is 536. The summed E-state index contributed by atoms with van der Waals surface area (Å²) in [5.74, 6) is 0.754. The molecule has 1 aromatic heterocycles. The van der Waals surface area contributed by atoms with Crippen LogP contribution in [0.4, 0.5) is 0 Å². The lowest BCUT2D eigenvalue weighted by Gasteiger charge is -2.32. The summed E-state index contributed by atoms with van der Waals surface area (Å²) in [4.78, 5) is 0. The number of hydrogen-bond acceptors (Lipinski definition) is 5. The van der Waals surface area contributed by atoms with Crippen LogP contribution in [0.2, 0.25) is 0 Å². The van der Waals surface area contributed by atoms with Gasteiger partial charge in [-0.2, -0.15) is 5.10 Å². The zero-order valence-corrected chi connectivity index (χ0v) is 15.8. The highest BCUT2D eigenvalue weighted by molar-refractivity contribution is 14.2. The first-order valence-corrected chi connectivity index (χ1v) is 10.9. The molecule has 2 aliphatic rings. The molecule has 0 saturated carbocycles. The Morgan fingerprint density at radius 1 is 1.33 bits per heavy atom. The molecule has 1 unspecified atom stereocenters. The Morgan fingerprint density at radius 2 is 2.00 bits per heavy atom. The number of aromatic nitrogens is 2. The van der Waals surface area contributed by atoms with E-state index in [-0.39, 0.29) is 11.2 Å². The monoisotopic (exact) mass is 424 g/mol. The largest absolute Gasteiger partial charge is 0.502 e. The van der Waals surface area contributed by atoms with Crippen LogP contribution in [0.1, 0.15) is 33.4 Å². The molecule has 0 spiro atoms. The Morgan fingerprint density at radius 3 is 2.62 bits per heavy atom. The molecular weight excluding hydrogens is 405 g/mol. The molecule has 1 atom stereocenters. The van der Waals surface area contributed by atoms with E-state index in [1.807, 2.05) is 32.4 Å². The third kappa shape index (κ3) is 2.74. The zero-order valence-electron chi connectivity index (χ0n) is 12.6. The maximum Gasteiger partial charge on any atom is 0.502 e. The van der Waals surface area contributed by atoms with Gasteiger partial charge < -0.3 is 18.6 Å². The Balaban J connectivity index is 1.95. The first-order chi connectivity index (χ1) is 9.86. The second-order valence-corrected chi connectivity index (χ2v) is 7.96. The summed E-state index contributed by atoms with van der Waals surface area (Å²) in [6.07, 6.45) is 0. The second-order valence-electron chi connectivity index (χ2n) is 6.19. The van der Waals surface area contributed by atoms with Crippen molar-refractivity contribution in [3.63, 3.8) is 0 Å². The normalized spacial score (nSPS) is 23.0. The van der Waals surface area contributed by atoms with Crippen LogP contribution in [-0.4, -0.2) is 34.7 Å². The topological polar surface area (TPSA) is 54.7 Å². The third-order valence-corrected chi connectivity index (χ3v) is 5.50. The molecular formula is C12H19BIN2O4P. The van der Waals surface area contributed by atoms with E-state index in [1.165, 1.54) is 0 Å². The van der Waals surface area contributed by atoms with Crippen LogP contribution in [0, 0.1) is 0 Å². The van der Waals surface area contributed by atoms with Gasteiger partial charge in [0.05, 0.1) is 42.0 Å². The molecule has 1 aromatic rings. The predicted octanol–water partition coefficient (Wildman–Crippen LogP) is 2.03. The molecule has 0 aromatic carbocycles. The van der Waals surface area contributed by atoms with Gasteiger partial charge >= 0.3 is 7.12 Å².